The van der Waals surface area contributed by atoms with Crippen molar-refractivity contribution in [3.05, 3.63) is 71.8 Å². The Kier molecular flexibility index (Phi) is 5.51. The smallest absolute Gasteiger partial charge is 0.261 e. The fourth-order valence-corrected chi connectivity index (χ4v) is 3.67. The fraction of sp³-hybridized carbons (Fsp3) is 0.381. The van der Waals surface area contributed by atoms with Gasteiger partial charge in [-0.05, 0) is 37.1 Å². The highest BCUT2D eigenvalue weighted by Crippen LogP contribution is 2.30. The molecule has 25 heavy (non-hydrogen) atoms. The molecular weight excluding hydrogens is 312 g/mol. The van der Waals surface area contributed by atoms with E-state index in [4.69, 9.17) is 0 Å². The van der Waals surface area contributed by atoms with Crippen molar-refractivity contribution in [2.45, 2.75) is 31.4 Å². The number of hydrogen-bond acceptors (Lipinski definition) is 3. The van der Waals surface area contributed by atoms with E-state index in [1.807, 2.05) is 36.4 Å². The van der Waals surface area contributed by atoms with Crippen LogP contribution in [0.2, 0.25) is 0 Å². The Labute approximate surface area is 149 Å². The molecule has 132 valence electrons. The van der Waals surface area contributed by atoms with Crippen LogP contribution in [0.1, 0.15) is 30.9 Å². The molecule has 0 aromatic heterocycles. The number of nitrogens with zero attached hydrogens (tertiary/aromatic N) is 1. The van der Waals surface area contributed by atoms with Crippen LogP contribution in [-0.2, 0) is 10.4 Å². The zero-order chi connectivity index (χ0) is 17.7. The van der Waals surface area contributed by atoms with E-state index in [9.17, 15) is 9.90 Å². The molecule has 1 aliphatic heterocycles. The van der Waals surface area contributed by atoms with Crippen LogP contribution < -0.4 is 5.32 Å². The largest absolute Gasteiger partial charge is 0.372 e. The summed E-state index contributed by atoms with van der Waals surface area (Å²) < 4.78 is 0. The molecular formula is C21H26N2O2. The second-order valence-corrected chi connectivity index (χ2v) is 6.58. The molecule has 1 aliphatic rings. The molecule has 0 unspecified atom stereocenters. The first-order chi connectivity index (χ1) is 12.2. The minimum Gasteiger partial charge on any atom is -0.372 e. The average Bonchev–Trinajstić information content (AvgIpc) is 3.14. The van der Waals surface area contributed by atoms with Gasteiger partial charge in [0.2, 0.25) is 0 Å². The molecule has 2 aromatic carbocycles. The molecule has 0 spiro atoms. The quantitative estimate of drug-likeness (QED) is 0.851. The summed E-state index contributed by atoms with van der Waals surface area (Å²) in [6.07, 6.45) is 2.25. The lowest BCUT2D eigenvalue weighted by atomic mass is 9.85. The van der Waals surface area contributed by atoms with Crippen molar-refractivity contribution in [3.8, 4) is 0 Å². The Balaban J connectivity index is 1.83. The van der Waals surface area contributed by atoms with Gasteiger partial charge in [0.25, 0.3) is 5.91 Å². The summed E-state index contributed by atoms with van der Waals surface area (Å²) in [7, 11) is 0. The molecule has 1 amide bonds. The van der Waals surface area contributed by atoms with E-state index in [-0.39, 0.29) is 5.91 Å². The van der Waals surface area contributed by atoms with Crippen molar-refractivity contribution in [2.24, 2.45) is 0 Å². The van der Waals surface area contributed by atoms with Gasteiger partial charge in [-0.15, -0.1) is 0 Å². The minimum absolute atomic E-state index is 0.352. The first-order valence-electron chi connectivity index (χ1n) is 9.02. The van der Waals surface area contributed by atoms with Gasteiger partial charge in [0, 0.05) is 12.6 Å². The molecule has 3 rings (SSSR count). The Bertz CT molecular complexity index is 648. The fourth-order valence-electron chi connectivity index (χ4n) is 3.67. The van der Waals surface area contributed by atoms with Crippen LogP contribution in [-0.4, -0.2) is 41.6 Å². The number of benzene rings is 2. The second-order valence-electron chi connectivity index (χ2n) is 6.58. The van der Waals surface area contributed by atoms with Gasteiger partial charge < -0.3 is 10.4 Å². The molecule has 2 aromatic rings. The zero-order valence-electron chi connectivity index (χ0n) is 14.7. The summed E-state index contributed by atoms with van der Waals surface area (Å²) >= 11 is 0. The number of rotatable bonds is 6. The van der Waals surface area contributed by atoms with Crippen LogP contribution in [0.15, 0.2) is 60.7 Å². The molecule has 4 nitrogen and oxygen atoms in total. The Hall–Kier alpha value is -2.17. The minimum atomic E-state index is -1.68. The van der Waals surface area contributed by atoms with Crippen LogP contribution in [0.3, 0.4) is 0 Å². The van der Waals surface area contributed by atoms with Gasteiger partial charge in [0.1, 0.15) is 0 Å². The van der Waals surface area contributed by atoms with Crippen molar-refractivity contribution >= 4 is 5.91 Å². The normalized spacial score (nSPS) is 18.2. The van der Waals surface area contributed by atoms with Gasteiger partial charge in [-0.2, -0.15) is 0 Å². The van der Waals surface area contributed by atoms with Gasteiger partial charge in [0.15, 0.2) is 5.60 Å². The van der Waals surface area contributed by atoms with E-state index >= 15 is 0 Å². The highest BCUT2D eigenvalue weighted by molar-refractivity contribution is 5.90. The van der Waals surface area contributed by atoms with Crippen LogP contribution >= 0.6 is 0 Å². The molecule has 0 bridgehead atoms. The lowest BCUT2D eigenvalue weighted by Gasteiger charge is -2.30. The molecule has 4 heteroatoms. The number of carbonyl (C=O) groups excluding carboxylic acids is 1. The number of likely N-dealkylation sites (N-methyl/N-ethyl adjacent to an activating group) is 1. The summed E-state index contributed by atoms with van der Waals surface area (Å²) in [6, 6.07) is 18.6. The monoisotopic (exact) mass is 338 g/mol. The van der Waals surface area contributed by atoms with Crippen molar-refractivity contribution in [1.82, 2.24) is 10.2 Å². The molecule has 1 heterocycles. The number of hydrogen-bond donors (Lipinski definition) is 2. The third kappa shape index (κ3) is 3.60. The van der Waals surface area contributed by atoms with Crippen molar-refractivity contribution in [3.63, 3.8) is 0 Å². The number of nitrogens with one attached hydrogen (secondary N) is 1. The number of aliphatic hydroxyl groups is 1. The van der Waals surface area contributed by atoms with Crippen molar-refractivity contribution < 1.29 is 9.90 Å². The molecule has 1 fully saturated rings. The molecule has 0 saturated carbocycles. The van der Waals surface area contributed by atoms with E-state index in [0.717, 1.165) is 25.9 Å². The Morgan fingerprint density at radius 3 is 2.20 bits per heavy atom. The predicted molar refractivity (Wildman–Crippen MR) is 99.2 cm³/mol. The Morgan fingerprint density at radius 1 is 1.12 bits per heavy atom. The summed E-state index contributed by atoms with van der Waals surface area (Å²) in [5.74, 6) is -0.368. The van der Waals surface area contributed by atoms with Crippen LogP contribution in [0.5, 0.6) is 0 Å². The van der Waals surface area contributed by atoms with E-state index in [2.05, 4.69) is 17.1 Å². The maximum Gasteiger partial charge on any atom is 0.261 e. The summed E-state index contributed by atoms with van der Waals surface area (Å²) in [5.41, 5.74) is -0.520. The highest BCUT2D eigenvalue weighted by Gasteiger charge is 2.40. The lowest BCUT2D eigenvalue weighted by molar-refractivity contribution is -0.136. The molecule has 1 saturated heterocycles. The van der Waals surface area contributed by atoms with E-state index in [1.165, 1.54) is 0 Å². The lowest BCUT2D eigenvalue weighted by Crippen LogP contribution is -2.49. The van der Waals surface area contributed by atoms with Gasteiger partial charge in [-0.1, -0.05) is 67.6 Å². The standard InChI is InChI=1S/C21H26N2O2/c1-2-23-15-9-14-19(23)16-22-20(24)21(25,17-10-5-3-6-11-17)18-12-7-4-8-13-18/h3-8,10-13,19,25H,2,9,14-16H2,1H3,(H,22,24)/t19-/m1/s1. The third-order valence-electron chi connectivity index (χ3n) is 5.12. The highest BCUT2D eigenvalue weighted by atomic mass is 16.3. The van der Waals surface area contributed by atoms with Gasteiger partial charge in [-0.25, -0.2) is 0 Å². The SMILES string of the molecule is CCN1CCC[C@@H]1CNC(=O)C(O)(c1ccccc1)c1ccccc1. The van der Waals surface area contributed by atoms with Crippen LogP contribution in [0.4, 0.5) is 0 Å². The average molecular weight is 338 g/mol. The first kappa shape index (κ1) is 17.6. The zero-order valence-corrected chi connectivity index (χ0v) is 14.7. The summed E-state index contributed by atoms with van der Waals surface area (Å²) in [5, 5.41) is 14.4. The molecule has 1 atom stereocenters. The third-order valence-corrected chi connectivity index (χ3v) is 5.12. The summed E-state index contributed by atoms with van der Waals surface area (Å²) in [4.78, 5) is 15.4. The first-order valence-corrected chi connectivity index (χ1v) is 9.02. The molecule has 0 aliphatic carbocycles. The van der Waals surface area contributed by atoms with E-state index < -0.39 is 5.60 Å². The van der Waals surface area contributed by atoms with Crippen molar-refractivity contribution in [1.29, 1.82) is 0 Å². The van der Waals surface area contributed by atoms with E-state index in [1.54, 1.807) is 24.3 Å². The predicted octanol–water partition coefficient (Wildman–Crippen LogP) is 2.52. The van der Waals surface area contributed by atoms with Crippen molar-refractivity contribution in [2.75, 3.05) is 19.6 Å². The number of likely N-dealkylation sites (tertiary alicyclic amines) is 1. The number of amides is 1. The topological polar surface area (TPSA) is 52.6 Å². The molecule has 2 N–H and O–H groups in total. The van der Waals surface area contributed by atoms with Crippen LogP contribution in [0, 0.1) is 0 Å². The second kappa shape index (κ2) is 7.81. The summed E-state index contributed by atoms with van der Waals surface area (Å²) in [6.45, 7) is 4.78. The Morgan fingerprint density at radius 2 is 1.68 bits per heavy atom. The van der Waals surface area contributed by atoms with E-state index in [0.29, 0.717) is 23.7 Å². The van der Waals surface area contributed by atoms with Gasteiger partial charge in [0.05, 0.1) is 0 Å². The maximum absolute atomic E-state index is 13.0. The van der Waals surface area contributed by atoms with Crippen LogP contribution in [0.25, 0.3) is 0 Å². The number of carbonyl (C=O) groups is 1. The molecule has 0 radical (unpaired) electrons. The van der Waals surface area contributed by atoms with Gasteiger partial charge >= 0.3 is 0 Å². The maximum atomic E-state index is 13.0. The van der Waals surface area contributed by atoms with Gasteiger partial charge in [-0.3, -0.25) is 9.69 Å².